The molecular formula is C32H52N2O6. The highest BCUT2D eigenvalue weighted by Crippen LogP contribution is 2.59. The van der Waals surface area contributed by atoms with Crippen LogP contribution < -0.4 is 0 Å². The molecule has 0 aromatic carbocycles. The smallest absolute Gasteiger partial charge is 0.312 e. The summed E-state index contributed by atoms with van der Waals surface area (Å²) in [5.74, 6) is -2.16. The van der Waals surface area contributed by atoms with Gasteiger partial charge in [-0.2, -0.15) is 0 Å². The summed E-state index contributed by atoms with van der Waals surface area (Å²) in [6.07, 6.45) is 9.61. The fraction of sp³-hybridized carbons (Fsp3) is 0.781. The van der Waals surface area contributed by atoms with Gasteiger partial charge in [0.1, 0.15) is 11.6 Å². The van der Waals surface area contributed by atoms with Gasteiger partial charge in [0.25, 0.3) is 0 Å². The van der Waals surface area contributed by atoms with Crippen LogP contribution in [-0.2, 0) is 23.9 Å². The molecule has 2 bridgehead atoms. The third-order valence-electron chi connectivity index (χ3n) is 8.68. The molecule has 2 unspecified atom stereocenters. The van der Waals surface area contributed by atoms with Crippen molar-refractivity contribution in [2.24, 2.45) is 17.3 Å². The van der Waals surface area contributed by atoms with E-state index in [-0.39, 0.29) is 23.8 Å². The number of aliphatic hydroxyl groups is 1. The van der Waals surface area contributed by atoms with E-state index >= 15 is 0 Å². The van der Waals surface area contributed by atoms with Crippen molar-refractivity contribution in [2.75, 3.05) is 26.3 Å². The van der Waals surface area contributed by atoms with Gasteiger partial charge < -0.3 is 24.4 Å². The molecule has 40 heavy (non-hydrogen) atoms. The zero-order valence-electron chi connectivity index (χ0n) is 25.5. The third kappa shape index (κ3) is 6.64. The molecule has 2 amide bonds. The van der Waals surface area contributed by atoms with Crippen LogP contribution in [0.5, 0.6) is 0 Å². The standard InChI is InChI=1S/C32H52N2O6/c1-8-10-11-15-21-39-29(38)24-23-16-17-32(40-23)25(24)27(36)33(19-13-12-14-20-35)26(32)28(37)34(18-9-2)31(6,7)22-30(3,4)5/h8-9,23-26,35H,1-2,10-22H2,3-7H3/t23-,24+,25-,26?,32?/m0/s1. The quantitative estimate of drug-likeness (QED) is 0.168. The van der Waals surface area contributed by atoms with E-state index in [2.05, 4.69) is 47.8 Å². The second kappa shape index (κ2) is 13.2. The maximum absolute atomic E-state index is 14.6. The molecule has 8 heteroatoms. The molecule has 0 radical (unpaired) electrons. The second-order valence-corrected chi connectivity index (χ2v) is 13.6. The Morgan fingerprint density at radius 2 is 1.85 bits per heavy atom. The van der Waals surface area contributed by atoms with E-state index in [1.165, 1.54) is 0 Å². The Labute approximate surface area is 241 Å². The van der Waals surface area contributed by atoms with E-state index in [0.717, 1.165) is 32.1 Å². The Hall–Kier alpha value is -2.19. The topological polar surface area (TPSA) is 96.4 Å². The minimum absolute atomic E-state index is 0.0255. The van der Waals surface area contributed by atoms with E-state index in [0.29, 0.717) is 45.4 Å². The lowest BCUT2D eigenvalue weighted by Gasteiger charge is -2.45. The van der Waals surface area contributed by atoms with Crippen LogP contribution in [0.1, 0.15) is 92.4 Å². The van der Waals surface area contributed by atoms with E-state index < -0.39 is 41.1 Å². The summed E-state index contributed by atoms with van der Waals surface area (Å²) in [7, 11) is 0. The summed E-state index contributed by atoms with van der Waals surface area (Å²) in [6.45, 7) is 19.4. The fourth-order valence-corrected chi connectivity index (χ4v) is 7.48. The number of nitrogens with zero attached hydrogens (tertiary/aromatic N) is 2. The average molecular weight is 561 g/mol. The first kappa shape index (κ1) is 32.3. The molecule has 0 aromatic rings. The van der Waals surface area contributed by atoms with Crippen LogP contribution in [0, 0.1) is 17.3 Å². The lowest BCUT2D eigenvalue weighted by molar-refractivity contribution is -0.156. The maximum Gasteiger partial charge on any atom is 0.312 e. The highest BCUT2D eigenvalue weighted by molar-refractivity contribution is 5.98. The number of unbranched alkanes of at least 4 members (excludes halogenated alkanes) is 4. The first-order valence-electron chi connectivity index (χ1n) is 15.1. The van der Waals surface area contributed by atoms with Crippen molar-refractivity contribution in [2.45, 2.75) is 116 Å². The Morgan fingerprint density at radius 3 is 2.48 bits per heavy atom. The number of amides is 2. The Bertz CT molecular complexity index is 940. The Balaban J connectivity index is 1.94. The summed E-state index contributed by atoms with van der Waals surface area (Å²) in [5.41, 5.74) is -1.56. The van der Waals surface area contributed by atoms with Gasteiger partial charge in [0.05, 0.1) is 24.5 Å². The molecule has 0 aromatic heterocycles. The van der Waals surface area contributed by atoms with Gasteiger partial charge in [-0.1, -0.05) is 32.9 Å². The van der Waals surface area contributed by atoms with Crippen molar-refractivity contribution in [1.29, 1.82) is 0 Å². The minimum atomic E-state index is -1.04. The predicted octanol–water partition coefficient (Wildman–Crippen LogP) is 4.65. The summed E-state index contributed by atoms with van der Waals surface area (Å²) in [4.78, 5) is 45.6. The minimum Gasteiger partial charge on any atom is -0.465 e. The first-order valence-corrected chi connectivity index (χ1v) is 15.1. The molecule has 3 aliphatic rings. The molecule has 5 atom stereocenters. The van der Waals surface area contributed by atoms with Crippen LogP contribution in [-0.4, -0.2) is 82.3 Å². The summed E-state index contributed by atoms with van der Waals surface area (Å²) < 4.78 is 12.2. The molecule has 226 valence electrons. The highest BCUT2D eigenvalue weighted by atomic mass is 16.6. The van der Waals surface area contributed by atoms with Crippen LogP contribution in [0.15, 0.2) is 25.3 Å². The molecule has 8 nitrogen and oxygen atoms in total. The van der Waals surface area contributed by atoms with Crippen molar-refractivity contribution < 1.29 is 29.0 Å². The van der Waals surface area contributed by atoms with Gasteiger partial charge in [-0.3, -0.25) is 14.4 Å². The predicted molar refractivity (Wildman–Crippen MR) is 155 cm³/mol. The fourth-order valence-electron chi connectivity index (χ4n) is 7.48. The van der Waals surface area contributed by atoms with Crippen molar-refractivity contribution in [3.63, 3.8) is 0 Å². The summed E-state index contributed by atoms with van der Waals surface area (Å²) in [6, 6.07) is -0.811. The van der Waals surface area contributed by atoms with Crippen molar-refractivity contribution in [1.82, 2.24) is 9.80 Å². The van der Waals surface area contributed by atoms with Crippen LogP contribution in [0.25, 0.3) is 0 Å². The second-order valence-electron chi connectivity index (χ2n) is 13.6. The van der Waals surface area contributed by atoms with Gasteiger partial charge in [0, 0.05) is 25.2 Å². The van der Waals surface area contributed by atoms with Gasteiger partial charge >= 0.3 is 5.97 Å². The number of carbonyl (C=O) groups is 3. The van der Waals surface area contributed by atoms with Crippen molar-refractivity contribution >= 4 is 17.8 Å². The number of hydrogen-bond acceptors (Lipinski definition) is 6. The number of hydrogen-bond donors (Lipinski definition) is 1. The third-order valence-corrected chi connectivity index (χ3v) is 8.68. The van der Waals surface area contributed by atoms with Crippen molar-refractivity contribution in [3.8, 4) is 0 Å². The molecular weight excluding hydrogens is 508 g/mol. The summed E-state index contributed by atoms with van der Waals surface area (Å²) in [5, 5.41) is 9.27. The van der Waals surface area contributed by atoms with Gasteiger partial charge in [0.2, 0.25) is 11.8 Å². The number of rotatable bonds is 16. The number of likely N-dealkylation sites (tertiary alicyclic amines) is 1. The molecule has 3 heterocycles. The van der Waals surface area contributed by atoms with E-state index in [4.69, 9.17) is 9.47 Å². The average Bonchev–Trinajstić information content (AvgIpc) is 3.50. The zero-order chi connectivity index (χ0) is 29.7. The molecule has 3 rings (SSSR count). The lowest BCUT2D eigenvalue weighted by Crippen LogP contribution is -2.61. The number of carbonyl (C=O) groups excluding carboxylic acids is 3. The number of ether oxygens (including phenoxy) is 2. The summed E-state index contributed by atoms with van der Waals surface area (Å²) >= 11 is 0. The van der Waals surface area contributed by atoms with E-state index in [1.807, 2.05) is 11.0 Å². The number of fused-ring (bicyclic) bond motifs is 1. The van der Waals surface area contributed by atoms with Crippen LogP contribution >= 0.6 is 0 Å². The molecule has 1 N–H and O–H groups in total. The van der Waals surface area contributed by atoms with Crippen molar-refractivity contribution in [3.05, 3.63) is 25.3 Å². The first-order chi connectivity index (χ1) is 18.8. The molecule has 3 fully saturated rings. The van der Waals surface area contributed by atoms with Gasteiger partial charge in [-0.15, -0.1) is 13.2 Å². The lowest BCUT2D eigenvalue weighted by atomic mass is 9.70. The Morgan fingerprint density at radius 1 is 1.12 bits per heavy atom. The Kier molecular flexibility index (Phi) is 10.7. The molecule has 0 saturated carbocycles. The highest BCUT2D eigenvalue weighted by Gasteiger charge is 2.75. The van der Waals surface area contributed by atoms with Crippen LogP contribution in [0.3, 0.4) is 0 Å². The molecule has 3 aliphatic heterocycles. The zero-order valence-corrected chi connectivity index (χ0v) is 25.5. The number of esters is 1. The molecule has 0 aliphatic carbocycles. The molecule has 1 spiro atoms. The molecule has 3 saturated heterocycles. The SMILES string of the molecule is C=CCCCCOC(=O)[C@@H]1[C@@H]2CCC3(O2)C(C(=O)N(CC=C)C(C)(C)CC(C)(C)C)N(CCCCCO)C(=O)[C@H]13. The van der Waals surface area contributed by atoms with Gasteiger partial charge in [-0.25, -0.2) is 0 Å². The monoisotopic (exact) mass is 560 g/mol. The van der Waals surface area contributed by atoms with Gasteiger partial charge in [-0.05, 0) is 77.0 Å². The van der Waals surface area contributed by atoms with E-state index in [9.17, 15) is 19.5 Å². The van der Waals surface area contributed by atoms with E-state index in [1.54, 1.807) is 11.0 Å². The largest absolute Gasteiger partial charge is 0.465 e. The maximum atomic E-state index is 14.6. The number of aliphatic hydroxyl groups excluding tert-OH is 1. The van der Waals surface area contributed by atoms with Crippen LogP contribution in [0.4, 0.5) is 0 Å². The van der Waals surface area contributed by atoms with Crippen LogP contribution in [0.2, 0.25) is 0 Å². The number of allylic oxidation sites excluding steroid dienone is 1. The normalized spacial score (nSPS) is 27.6. The van der Waals surface area contributed by atoms with Gasteiger partial charge in [0.15, 0.2) is 0 Å².